The molecule has 1 N–H and O–H groups in total. The van der Waals surface area contributed by atoms with Crippen LogP contribution in [0, 0.1) is 0 Å². The number of carbonyl (C=O) groups is 2. The smallest absolute Gasteiger partial charge is 0.290 e. The third-order valence-corrected chi connectivity index (χ3v) is 5.68. The highest BCUT2D eigenvalue weighted by atomic mass is 16.5. The lowest BCUT2D eigenvalue weighted by atomic mass is 10.0. The van der Waals surface area contributed by atoms with Gasteiger partial charge in [-0.15, -0.1) is 0 Å². The van der Waals surface area contributed by atoms with Crippen molar-refractivity contribution in [2.45, 2.75) is 56.7 Å². The van der Waals surface area contributed by atoms with Gasteiger partial charge < -0.3 is 19.4 Å². The van der Waals surface area contributed by atoms with Crippen LogP contribution in [0.5, 0.6) is 0 Å². The van der Waals surface area contributed by atoms with E-state index in [4.69, 9.17) is 9.15 Å². The van der Waals surface area contributed by atoms with Crippen LogP contribution in [0.1, 0.15) is 60.7 Å². The van der Waals surface area contributed by atoms with Crippen LogP contribution in [0.15, 0.2) is 47.3 Å². The fourth-order valence-corrected chi connectivity index (χ4v) is 4.22. The molecule has 0 bridgehead atoms. The minimum atomic E-state index is -0.786. The van der Waals surface area contributed by atoms with E-state index in [0.717, 1.165) is 38.5 Å². The third kappa shape index (κ3) is 4.67. The molecular formula is C22H27N3O4. The zero-order chi connectivity index (χ0) is 20.1. The van der Waals surface area contributed by atoms with Crippen LogP contribution in [0.2, 0.25) is 0 Å². The minimum absolute atomic E-state index is 0.0904. The summed E-state index contributed by atoms with van der Waals surface area (Å²) >= 11 is 0. The highest BCUT2D eigenvalue weighted by Crippen LogP contribution is 2.27. The van der Waals surface area contributed by atoms with E-state index in [1.807, 2.05) is 6.07 Å². The van der Waals surface area contributed by atoms with E-state index < -0.39 is 6.04 Å². The second-order valence-corrected chi connectivity index (χ2v) is 7.75. The van der Waals surface area contributed by atoms with Crippen LogP contribution in [0.4, 0.5) is 0 Å². The minimum Gasteiger partial charge on any atom is -0.459 e. The average molecular weight is 397 g/mol. The number of ether oxygens (including phenoxy) is 1. The molecular weight excluding hydrogens is 370 g/mol. The molecule has 7 heteroatoms. The van der Waals surface area contributed by atoms with Gasteiger partial charge in [-0.05, 0) is 43.9 Å². The molecule has 1 saturated carbocycles. The van der Waals surface area contributed by atoms with E-state index in [2.05, 4.69) is 10.3 Å². The summed E-state index contributed by atoms with van der Waals surface area (Å²) in [5.41, 5.74) is 0.681. The molecule has 2 fully saturated rings. The second-order valence-electron chi connectivity index (χ2n) is 7.75. The number of amides is 2. The topological polar surface area (TPSA) is 84.7 Å². The van der Waals surface area contributed by atoms with Crippen LogP contribution in [-0.4, -0.2) is 47.0 Å². The van der Waals surface area contributed by atoms with Gasteiger partial charge in [0.05, 0.1) is 12.4 Å². The fraction of sp³-hybridized carbons (Fsp3) is 0.500. The van der Waals surface area contributed by atoms with E-state index >= 15 is 0 Å². The maximum absolute atomic E-state index is 13.4. The van der Waals surface area contributed by atoms with Crippen molar-refractivity contribution < 1.29 is 18.7 Å². The van der Waals surface area contributed by atoms with Gasteiger partial charge in [0.15, 0.2) is 5.76 Å². The van der Waals surface area contributed by atoms with Gasteiger partial charge in [-0.1, -0.05) is 18.9 Å². The van der Waals surface area contributed by atoms with Gasteiger partial charge in [-0.25, -0.2) is 0 Å². The monoisotopic (exact) mass is 397 g/mol. The molecule has 2 aromatic heterocycles. The number of furan rings is 1. The summed E-state index contributed by atoms with van der Waals surface area (Å²) in [5, 5.41) is 3.15. The van der Waals surface area contributed by atoms with Gasteiger partial charge in [0.2, 0.25) is 5.91 Å². The SMILES string of the molecule is O=C(NC1CCCC1)[C@H](c1cccnc1)N(C[C@H]1CCCO1)C(=O)c1ccco1. The molecule has 0 aromatic carbocycles. The van der Waals surface area contributed by atoms with Crippen molar-refractivity contribution in [3.8, 4) is 0 Å². The predicted molar refractivity (Wildman–Crippen MR) is 106 cm³/mol. The molecule has 3 heterocycles. The normalized spacial score (nSPS) is 20.5. The summed E-state index contributed by atoms with van der Waals surface area (Å²) < 4.78 is 11.1. The lowest BCUT2D eigenvalue weighted by Gasteiger charge is -2.33. The van der Waals surface area contributed by atoms with Crippen molar-refractivity contribution in [1.82, 2.24) is 15.2 Å². The third-order valence-electron chi connectivity index (χ3n) is 5.68. The zero-order valence-electron chi connectivity index (χ0n) is 16.5. The van der Waals surface area contributed by atoms with Gasteiger partial charge in [0, 0.05) is 37.2 Å². The summed E-state index contributed by atoms with van der Waals surface area (Å²) in [6.07, 6.45) is 10.7. The van der Waals surface area contributed by atoms with Crippen molar-refractivity contribution in [2.24, 2.45) is 0 Å². The number of nitrogens with one attached hydrogen (secondary N) is 1. The number of nitrogens with zero attached hydrogens (tertiary/aromatic N) is 2. The van der Waals surface area contributed by atoms with Gasteiger partial charge in [-0.3, -0.25) is 14.6 Å². The number of aromatic nitrogens is 1. The number of hydrogen-bond acceptors (Lipinski definition) is 5. The molecule has 1 aliphatic heterocycles. The Morgan fingerprint density at radius 1 is 1.17 bits per heavy atom. The first-order valence-corrected chi connectivity index (χ1v) is 10.4. The molecule has 154 valence electrons. The van der Waals surface area contributed by atoms with Crippen LogP contribution in [0.3, 0.4) is 0 Å². The Bertz CT molecular complexity index is 797. The Balaban J connectivity index is 1.65. The highest BCUT2D eigenvalue weighted by Gasteiger charge is 2.36. The summed E-state index contributed by atoms with van der Waals surface area (Å²) in [5.74, 6) is -0.283. The maximum Gasteiger partial charge on any atom is 0.290 e. The van der Waals surface area contributed by atoms with Crippen LogP contribution >= 0.6 is 0 Å². The van der Waals surface area contributed by atoms with Gasteiger partial charge in [-0.2, -0.15) is 0 Å². The fourth-order valence-electron chi connectivity index (χ4n) is 4.22. The zero-order valence-corrected chi connectivity index (χ0v) is 16.5. The molecule has 2 aromatic rings. The van der Waals surface area contributed by atoms with Crippen molar-refractivity contribution in [1.29, 1.82) is 0 Å². The Hall–Kier alpha value is -2.67. The van der Waals surface area contributed by atoms with Crippen molar-refractivity contribution in [3.63, 3.8) is 0 Å². The molecule has 0 spiro atoms. The Labute approximate surface area is 170 Å². The number of hydrogen-bond donors (Lipinski definition) is 1. The number of carbonyl (C=O) groups excluding carboxylic acids is 2. The van der Waals surface area contributed by atoms with E-state index in [1.54, 1.807) is 35.5 Å². The van der Waals surface area contributed by atoms with Crippen LogP contribution in [-0.2, 0) is 9.53 Å². The molecule has 29 heavy (non-hydrogen) atoms. The van der Waals surface area contributed by atoms with Crippen LogP contribution in [0.25, 0.3) is 0 Å². The predicted octanol–water partition coefficient (Wildman–Crippen LogP) is 3.10. The lowest BCUT2D eigenvalue weighted by molar-refractivity contribution is -0.127. The van der Waals surface area contributed by atoms with Gasteiger partial charge >= 0.3 is 0 Å². The number of rotatable bonds is 7. The Kier molecular flexibility index (Phi) is 6.24. The lowest BCUT2D eigenvalue weighted by Crippen LogP contribution is -2.48. The van der Waals surface area contributed by atoms with Crippen molar-refractivity contribution >= 4 is 11.8 Å². The quantitative estimate of drug-likeness (QED) is 0.776. The molecule has 7 nitrogen and oxygen atoms in total. The molecule has 1 aliphatic carbocycles. The van der Waals surface area contributed by atoms with Crippen molar-refractivity contribution in [3.05, 3.63) is 54.2 Å². The van der Waals surface area contributed by atoms with Gasteiger partial charge in [0.25, 0.3) is 5.91 Å². The first-order valence-electron chi connectivity index (χ1n) is 10.4. The first-order chi connectivity index (χ1) is 14.2. The van der Waals surface area contributed by atoms with E-state index in [1.165, 1.54) is 6.26 Å². The molecule has 0 radical (unpaired) electrons. The van der Waals surface area contributed by atoms with Crippen molar-refractivity contribution in [2.75, 3.05) is 13.2 Å². The van der Waals surface area contributed by atoms with Gasteiger partial charge in [0.1, 0.15) is 6.04 Å². The largest absolute Gasteiger partial charge is 0.459 e. The molecule has 2 amide bonds. The summed E-state index contributed by atoms with van der Waals surface area (Å²) in [6, 6.07) is 6.29. The van der Waals surface area contributed by atoms with E-state index in [0.29, 0.717) is 18.7 Å². The molecule has 4 rings (SSSR count). The standard InChI is InChI=1S/C22H27N3O4/c26-21(24-17-7-1-2-8-17)20(16-6-3-11-23-14-16)25(15-18-9-4-12-28-18)22(27)19-10-5-13-29-19/h3,5-6,10-11,13-14,17-18,20H,1-2,4,7-9,12,15H2,(H,24,26)/t18-,20+/m1/s1. The molecule has 0 unspecified atom stereocenters. The van der Waals surface area contributed by atoms with E-state index in [-0.39, 0.29) is 29.7 Å². The first kappa shape index (κ1) is 19.6. The summed E-state index contributed by atoms with van der Waals surface area (Å²) in [6.45, 7) is 1.01. The summed E-state index contributed by atoms with van der Waals surface area (Å²) in [4.78, 5) is 32.5. The highest BCUT2D eigenvalue weighted by molar-refractivity contribution is 5.96. The Morgan fingerprint density at radius 3 is 2.69 bits per heavy atom. The molecule has 2 atom stereocenters. The molecule has 1 saturated heterocycles. The van der Waals surface area contributed by atoms with Crippen LogP contribution < -0.4 is 5.32 Å². The average Bonchev–Trinajstić information content (AvgIpc) is 3.51. The maximum atomic E-state index is 13.4. The molecule has 2 aliphatic rings. The summed E-state index contributed by atoms with van der Waals surface area (Å²) in [7, 11) is 0. The number of pyridine rings is 1. The second kappa shape index (κ2) is 9.22. The Morgan fingerprint density at radius 2 is 2.03 bits per heavy atom. The van der Waals surface area contributed by atoms with E-state index in [9.17, 15) is 9.59 Å².